The molecule has 1 saturated heterocycles. The summed E-state index contributed by atoms with van der Waals surface area (Å²) in [5.41, 5.74) is 0.429. The summed E-state index contributed by atoms with van der Waals surface area (Å²) in [6.07, 6.45) is 3.47. The number of nitrogens with zero attached hydrogens (tertiary/aromatic N) is 2. The molecule has 6 heteroatoms. The Morgan fingerprint density at radius 1 is 1.35 bits per heavy atom. The second-order valence-corrected chi connectivity index (χ2v) is 4.96. The highest BCUT2D eigenvalue weighted by atomic mass is 16.6. The molecule has 0 atom stereocenters. The first-order valence-electron chi connectivity index (χ1n) is 6.94. The van der Waals surface area contributed by atoms with Crippen LogP contribution in [0.1, 0.15) is 24.8 Å². The maximum atomic E-state index is 10.7. The van der Waals surface area contributed by atoms with Crippen LogP contribution in [0.25, 0.3) is 0 Å². The van der Waals surface area contributed by atoms with E-state index in [1.807, 2.05) is 0 Å². The molecule has 20 heavy (non-hydrogen) atoms. The Bertz CT molecular complexity index is 458. The Hall–Kier alpha value is -1.66. The van der Waals surface area contributed by atoms with E-state index in [1.54, 1.807) is 6.07 Å². The molecule has 0 bridgehead atoms. The van der Waals surface area contributed by atoms with Crippen molar-refractivity contribution in [1.29, 1.82) is 0 Å². The fraction of sp³-hybridized carbons (Fsp3) is 0.571. The van der Waals surface area contributed by atoms with Gasteiger partial charge in [-0.2, -0.15) is 0 Å². The zero-order valence-corrected chi connectivity index (χ0v) is 11.5. The fourth-order valence-electron chi connectivity index (χ4n) is 2.42. The summed E-state index contributed by atoms with van der Waals surface area (Å²) in [4.78, 5) is 12.6. The monoisotopic (exact) mass is 280 g/mol. The predicted molar refractivity (Wildman–Crippen MR) is 74.8 cm³/mol. The second kappa shape index (κ2) is 7.21. The maximum absolute atomic E-state index is 10.7. The number of nitro benzene ring substituents is 1. The van der Waals surface area contributed by atoms with Crippen LogP contribution in [0.15, 0.2) is 18.2 Å². The zero-order valence-electron chi connectivity index (χ0n) is 11.5. The quantitative estimate of drug-likeness (QED) is 0.469. The highest BCUT2D eigenvalue weighted by molar-refractivity contribution is 5.43. The molecule has 1 aromatic carbocycles. The molecule has 1 aliphatic rings. The summed E-state index contributed by atoms with van der Waals surface area (Å²) in [5.74, 6) is 0.527. The lowest BCUT2D eigenvalue weighted by Crippen LogP contribution is -2.22. The average molecular weight is 280 g/mol. The minimum absolute atomic E-state index is 0.0292. The van der Waals surface area contributed by atoms with Crippen molar-refractivity contribution in [3.05, 3.63) is 33.9 Å². The van der Waals surface area contributed by atoms with Crippen LogP contribution in [0, 0.1) is 10.1 Å². The first-order chi connectivity index (χ1) is 9.70. The molecular weight excluding hydrogens is 260 g/mol. The van der Waals surface area contributed by atoms with Gasteiger partial charge in [-0.3, -0.25) is 10.1 Å². The third-order valence-corrected chi connectivity index (χ3v) is 3.50. The van der Waals surface area contributed by atoms with Gasteiger partial charge < -0.3 is 14.7 Å². The standard InChI is InChI=1S/C14H20N2O4/c17-11-12-10-13(16(18)19)4-5-14(12)20-9-3-8-15-6-1-2-7-15/h4-5,10,17H,1-3,6-9,11H2. The molecule has 1 N–H and O–H groups in total. The van der Waals surface area contributed by atoms with Crippen molar-refractivity contribution >= 4 is 5.69 Å². The van der Waals surface area contributed by atoms with Gasteiger partial charge in [0.25, 0.3) is 5.69 Å². The molecule has 1 aliphatic heterocycles. The number of rotatable bonds is 7. The van der Waals surface area contributed by atoms with Gasteiger partial charge in [-0.1, -0.05) is 0 Å². The summed E-state index contributed by atoms with van der Waals surface area (Å²) >= 11 is 0. The first-order valence-corrected chi connectivity index (χ1v) is 6.94. The van der Waals surface area contributed by atoms with Crippen LogP contribution >= 0.6 is 0 Å². The molecule has 0 saturated carbocycles. The molecular formula is C14H20N2O4. The second-order valence-electron chi connectivity index (χ2n) is 4.96. The van der Waals surface area contributed by atoms with E-state index in [9.17, 15) is 15.2 Å². The minimum Gasteiger partial charge on any atom is -0.493 e. The highest BCUT2D eigenvalue weighted by Crippen LogP contribution is 2.24. The van der Waals surface area contributed by atoms with Crippen molar-refractivity contribution in [2.75, 3.05) is 26.2 Å². The Labute approximate surface area is 118 Å². The maximum Gasteiger partial charge on any atom is 0.270 e. The van der Waals surface area contributed by atoms with Crippen LogP contribution in [0.5, 0.6) is 5.75 Å². The topological polar surface area (TPSA) is 75.8 Å². The summed E-state index contributed by atoms with van der Waals surface area (Å²) < 4.78 is 5.61. The molecule has 110 valence electrons. The van der Waals surface area contributed by atoms with Gasteiger partial charge in [0.05, 0.1) is 18.1 Å². The van der Waals surface area contributed by atoms with Crippen LogP contribution in [0.3, 0.4) is 0 Å². The number of ether oxygens (including phenoxy) is 1. The number of aliphatic hydroxyl groups excluding tert-OH is 1. The van der Waals surface area contributed by atoms with E-state index in [-0.39, 0.29) is 12.3 Å². The van der Waals surface area contributed by atoms with Gasteiger partial charge in [0.15, 0.2) is 0 Å². The van der Waals surface area contributed by atoms with Gasteiger partial charge in [0, 0.05) is 24.2 Å². The van der Waals surface area contributed by atoms with E-state index in [2.05, 4.69) is 4.90 Å². The van der Waals surface area contributed by atoms with E-state index >= 15 is 0 Å². The Kier molecular flexibility index (Phi) is 5.31. The molecule has 0 spiro atoms. The Morgan fingerprint density at radius 2 is 2.10 bits per heavy atom. The average Bonchev–Trinajstić information content (AvgIpc) is 2.96. The Balaban J connectivity index is 1.83. The van der Waals surface area contributed by atoms with Gasteiger partial charge in [-0.05, 0) is 38.4 Å². The number of aliphatic hydroxyl groups is 1. The van der Waals surface area contributed by atoms with Crippen LogP contribution in [-0.4, -0.2) is 41.2 Å². The van der Waals surface area contributed by atoms with Gasteiger partial charge in [-0.25, -0.2) is 0 Å². The third-order valence-electron chi connectivity index (χ3n) is 3.50. The number of likely N-dealkylation sites (tertiary alicyclic amines) is 1. The smallest absolute Gasteiger partial charge is 0.270 e. The molecule has 0 radical (unpaired) electrons. The number of benzene rings is 1. The number of hydrogen-bond donors (Lipinski definition) is 1. The molecule has 0 aromatic heterocycles. The van der Waals surface area contributed by atoms with Gasteiger partial charge in [0.2, 0.25) is 0 Å². The van der Waals surface area contributed by atoms with E-state index in [0.29, 0.717) is 17.9 Å². The fourth-order valence-corrected chi connectivity index (χ4v) is 2.42. The summed E-state index contributed by atoms with van der Waals surface area (Å²) in [6, 6.07) is 4.31. The SMILES string of the molecule is O=[N+]([O-])c1ccc(OCCCN2CCCC2)c(CO)c1. The van der Waals surface area contributed by atoms with Crippen molar-refractivity contribution in [1.82, 2.24) is 4.90 Å². The van der Waals surface area contributed by atoms with Crippen LogP contribution in [-0.2, 0) is 6.61 Å². The van der Waals surface area contributed by atoms with Crippen molar-refractivity contribution in [3.8, 4) is 5.75 Å². The molecule has 1 fully saturated rings. The Morgan fingerprint density at radius 3 is 2.75 bits per heavy atom. The van der Waals surface area contributed by atoms with E-state index in [0.717, 1.165) is 13.0 Å². The largest absolute Gasteiger partial charge is 0.493 e. The summed E-state index contributed by atoms with van der Waals surface area (Å²) in [5, 5.41) is 19.9. The van der Waals surface area contributed by atoms with Crippen molar-refractivity contribution in [3.63, 3.8) is 0 Å². The molecule has 2 rings (SSSR count). The molecule has 0 unspecified atom stereocenters. The lowest BCUT2D eigenvalue weighted by atomic mass is 10.2. The van der Waals surface area contributed by atoms with E-state index < -0.39 is 4.92 Å². The van der Waals surface area contributed by atoms with Gasteiger partial charge in [0.1, 0.15) is 5.75 Å². The van der Waals surface area contributed by atoms with E-state index in [4.69, 9.17) is 4.74 Å². The number of nitro groups is 1. The van der Waals surface area contributed by atoms with Crippen molar-refractivity contribution in [2.45, 2.75) is 25.9 Å². The third kappa shape index (κ3) is 3.91. The first kappa shape index (κ1) is 14.7. The highest BCUT2D eigenvalue weighted by Gasteiger charge is 2.12. The summed E-state index contributed by atoms with van der Waals surface area (Å²) in [6.45, 7) is 3.64. The lowest BCUT2D eigenvalue weighted by molar-refractivity contribution is -0.385. The molecule has 0 aliphatic carbocycles. The van der Waals surface area contributed by atoms with Crippen LogP contribution < -0.4 is 4.74 Å². The number of non-ortho nitro benzene ring substituents is 1. The van der Waals surface area contributed by atoms with Crippen molar-refractivity contribution < 1.29 is 14.8 Å². The molecule has 1 heterocycles. The van der Waals surface area contributed by atoms with Crippen LogP contribution in [0.2, 0.25) is 0 Å². The lowest BCUT2D eigenvalue weighted by Gasteiger charge is -2.15. The van der Waals surface area contributed by atoms with Crippen molar-refractivity contribution in [2.24, 2.45) is 0 Å². The van der Waals surface area contributed by atoms with E-state index in [1.165, 1.54) is 38.1 Å². The van der Waals surface area contributed by atoms with Gasteiger partial charge in [-0.15, -0.1) is 0 Å². The zero-order chi connectivity index (χ0) is 14.4. The molecule has 1 aromatic rings. The number of hydrogen-bond acceptors (Lipinski definition) is 5. The molecule has 0 amide bonds. The van der Waals surface area contributed by atoms with Crippen LogP contribution in [0.4, 0.5) is 5.69 Å². The normalized spacial score (nSPS) is 15.4. The van der Waals surface area contributed by atoms with Gasteiger partial charge >= 0.3 is 0 Å². The molecule has 6 nitrogen and oxygen atoms in total. The summed E-state index contributed by atoms with van der Waals surface area (Å²) in [7, 11) is 0. The predicted octanol–water partition coefficient (Wildman–Crippen LogP) is 1.95. The minimum atomic E-state index is -0.476.